The summed E-state index contributed by atoms with van der Waals surface area (Å²) in [5, 5.41) is 5.96. The molecule has 0 aliphatic rings. The largest absolute Gasteiger partial charge is 0.354 e. The maximum Gasteiger partial charge on any atom is 0.244 e. The van der Waals surface area contributed by atoms with E-state index in [1.165, 1.54) is 18.2 Å². The molecule has 136 valence electrons. The third kappa shape index (κ3) is 6.33. The molecule has 0 unspecified atom stereocenters. The first-order valence-electron chi connectivity index (χ1n) is 8.18. The Morgan fingerprint density at radius 3 is 2.54 bits per heavy atom. The lowest BCUT2D eigenvalue weighted by Gasteiger charge is -2.07. The van der Waals surface area contributed by atoms with E-state index in [4.69, 9.17) is 11.6 Å². The topological polar surface area (TPSA) is 58.2 Å². The summed E-state index contributed by atoms with van der Waals surface area (Å²) in [5.74, 6) is -0.863. The molecule has 0 heterocycles. The fourth-order valence-electron chi connectivity index (χ4n) is 2.39. The molecule has 4 nitrogen and oxygen atoms in total. The van der Waals surface area contributed by atoms with Crippen LogP contribution in [0.15, 0.2) is 54.6 Å². The van der Waals surface area contributed by atoms with Crippen molar-refractivity contribution in [1.29, 1.82) is 0 Å². The van der Waals surface area contributed by atoms with Gasteiger partial charge in [0.25, 0.3) is 0 Å². The summed E-state index contributed by atoms with van der Waals surface area (Å²) in [5.41, 5.74) is 2.15. The highest BCUT2D eigenvalue weighted by Crippen LogP contribution is 2.22. The van der Waals surface area contributed by atoms with Gasteiger partial charge in [-0.1, -0.05) is 41.9 Å². The van der Waals surface area contributed by atoms with Gasteiger partial charge >= 0.3 is 0 Å². The second-order valence-corrected chi connectivity index (χ2v) is 6.16. The number of benzene rings is 2. The third-order valence-corrected chi connectivity index (χ3v) is 3.98. The van der Waals surface area contributed by atoms with Crippen molar-refractivity contribution >= 4 is 29.0 Å². The van der Waals surface area contributed by atoms with Gasteiger partial charge in [-0.25, -0.2) is 4.39 Å². The quantitative estimate of drug-likeness (QED) is 0.576. The van der Waals surface area contributed by atoms with Gasteiger partial charge in [0.15, 0.2) is 0 Å². The average Bonchev–Trinajstić information content (AvgIpc) is 2.59. The Balaban J connectivity index is 1.74. The highest BCUT2D eigenvalue weighted by molar-refractivity contribution is 6.32. The molecule has 0 atom stereocenters. The van der Waals surface area contributed by atoms with E-state index in [-0.39, 0.29) is 24.1 Å². The number of carbonyl (C=O) groups is 2. The maximum absolute atomic E-state index is 13.1. The van der Waals surface area contributed by atoms with Crippen LogP contribution in [0, 0.1) is 5.82 Å². The molecule has 0 radical (unpaired) electrons. The Morgan fingerprint density at radius 2 is 1.81 bits per heavy atom. The summed E-state index contributed by atoms with van der Waals surface area (Å²) >= 11 is 6.10. The molecule has 0 aromatic heterocycles. The van der Waals surface area contributed by atoms with Crippen LogP contribution in [0.4, 0.5) is 4.39 Å². The molecule has 0 saturated heterocycles. The summed E-state index contributed by atoms with van der Waals surface area (Å²) in [6, 6.07) is 13.2. The Kier molecular flexibility index (Phi) is 7.36. The van der Waals surface area contributed by atoms with Gasteiger partial charge in [-0.3, -0.25) is 9.59 Å². The van der Waals surface area contributed by atoms with Crippen molar-refractivity contribution < 1.29 is 14.0 Å². The van der Waals surface area contributed by atoms with Crippen molar-refractivity contribution in [3.05, 3.63) is 76.6 Å². The standard InChI is InChI=1S/C20H20ClFN2O2/c1-14(17-7-2-3-8-18(17)21)11-19(25)23-9-10-24-20(26)13-15-5-4-6-16(22)12-15/h2-8,11-12H,9-10,13H2,1H3,(H,23,25)(H,24,26)/b14-11-. The molecule has 0 spiro atoms. The first-order valence-corrected chi connectivity index (χ1v) is 8.55. The van der Waals surface area contributed by atoms with E-state index < -0.39 is 0 Å². The molecule has 2 aromatic carbocycles. The minimum absolute atomic E-state index is 0.0945. The van der Waals surface area contributed by atoms with Gasteiger partial charge in [0.1, 0.15) is 5.82 Å². The second kappa shape index (κ2) is 9.73. The minimum Gasteiger partial charge on any atom is -0.354 e. The zero-order valence-electron chi connectivity index (χ0n) is 14.4. The Labute approximate surface area is 157 Å². The fourth-order valence-corrected chi connectivity index (χ4v) is 2.67. The number of hydrogen-bond acceptors (Lipinski definition) is 2. The predicted molar refractivity (Wildman–Crippen MR) is 101 cm³/mol. The summed E-state index contributed by atoms with van der Waals surface area (Å²) in [6.45, 7) is 2.39. The van der Waals surface area contributed by atoms with E-state index in [2.05, 4.69) is 10.6 Å². The van der Waals surface area contributed by atoms with Crippen molar-refractivity contribution in [3.8, 4) is 0 Å². The van der Waals surface area contributed by atoms with Gasteiger partial charge in [0.2, 0.25) is 11.8 Å². The third-order valence-electron chi connectivity index (χ3n) is 3.65. The number of allylic oxidation sites excluding steroid dienone is 1. The van der Waals surface area contributed by atoms with E-state index in [1.807, 2.05) is 25.1 Å². The van der Waals surface area contributed by atoms with Crippen LogP contribution in [-0.4, -0.2) is 24.9 Å². The Bertz CT molecular complexity index is 821. The zero-order chi connectivity index (χ0) is 18.9. The van der Waals surface area contributed by atoms with Gasteiger partial charge in [0, 0.05) is 24.2 Å². The SMILES string of the molecule is C/C(=C/C(=O)NCCNC(=O)Cc1cccc(F)c1)c1ccccc1Cl. The van der Waals surface area contributed by atoms with Crippen LogP contribution in [0.5, 0.6) is 0 Å². The molecule has 0 aliphatic heterocycles. The van der Waals surface area contributed by atoms with Gasteiger partial charge in [0.05, 0.1) is 6.42 Å². The van der Waals surface area contributed by atoms with E-state index in [0.717, 1.165) is 11.1 Å². The molecular weight excluding hydrogens is 355 g/mol. The summed E-state index contributed by atoms with van der Waals surface area (Å²) < 4.78 is 13.1. The summed E-state index contributed by atoms with van der Waals surface area (Å²) in [4.78, 5) is 23.7. The Hall–Kier alpha value is -2.66. The molecule has 2 aromatic rings. The van der Waals surface area contributed by atoms with E-state index in [9.17, 15) is 14.0 Å². The molecule has 2 N–H and O–H groups in total. The average molecular weight is 375 g/mol. The lowest BCUT2D eigenvalue weighted by Crippen LogP contribution is -2.34. The van der Waals surface area contributed by atoms with Gasteiger partial charge in [-0.2, -0.15) is 0 Å². The van der Waals surface area contributed by atoms with E-state index in [0.29, 0.717) is 23.7 Å². The first-order chi connectivity index (χ1) is 12.5. The monoisotopic (exact) mass is 374 g/mol. The van der Waals surface area contributed by atoms with Crippen LogP contribution in [-0.2, 0) is 16.0 Å². The maximum atomic E-state index is 13.1. The lowest BCUT2D eigenvalue weighted by atomic mass is 10.1. The number of carbonyl (C=O) groups excluding carboxylic acids is 2. The van der Waals surface area contributed by atoms with Crippen LogP contribution in [0.2, 0.25) is 5.02 Å². The normalized spacial score (nSPS) is 11.1. The number of hydrogen-bond donors (Lipinski definition) is 2. The zero-order valence-corrected chi connectivity index (χ0v) is 15.1. The Morgan fingerprint density at radius 1 is 1.08 bits per heavy atom. The number of halogens is 2. The molecule has 0 fully saturated rings. The van der Waals surface area contributed by atoms with Crippen LogP contribution in [0.1, 0.15) is 18.1 Å². The van der Waals surface area contributed by atoms with Gasteiger partial charge in [-0.05, 0) is 41.8 Å². The molecular formula is C20H20ClFN2O2. The first kappa shape index (κ1) is 19.7. The molecule has 0 aliphatic carbocycles. The number of rotatable bonds is 7. The van der Waals surface area contributed by atoms with Crippen molar-refractivity contribution in [1.82, 2.24) is 10.6 Å². The van der Waals surface area contributed by atoms with Crippen LogP contribution >= 0.6 is 11.6 Å². The molecule has 2 amide bonds. The number of amides is 2. The highest BCUT2D eigenvalue weighted by Gasteiger charge is 2.06. The van der Waals surface area contributed by atoms with Crippen LogP contribution in [0.3, 0.4) is 0 Å². The summed E-state index contributed by atoms with van der Waals surface area (Å²) in [6.07, 6.45) is 1.56. The van der Waals surface area contributed by atoms with Crippen molar-refractivity contribution in [2.45, 2.75) is 13.3 Å². The minimum atomic E-state index is -0.372. The molecule has 6 heteroatoms. The molecule has 0 saturated carbocycles. The number of nitrogens with one attached hydrogen (secondary N) is 2. The fraction of sp³-hybridized carbons (Fsp3) is 0.200. The van der Waals surface area contributed by atoms with E-state index in [1.54, 1.807) is 18.2 Å². The van der Waals surface area contributed by atoms with Crippen LogP contribution in [0.25, 0.3) is 5.57 Å². The van der Waals surface area contributed by atoms with Crippen molar-refractivity contribution in [2.75, 3.05) is 13.1 Å². The van der Waals surface area contributed by atoms with Crippen molar-refractivity contribution in [3.63, 3.8) is 0 Å². The lowest BCUT2D eigenvalue weighted by molar-refractivity contribution is -0.121. The molecule has 2 rings (SSSR count). The van der Waals surface area contributed by atoms with Gasteiger partial charge in [-0.15, -0.1) is 0 Å². The van der Waals surface area contributed by atoms with E-state index >= 15 is 0 Å². The highest BCUT2D eigenvalue weighted by atomic mass is 35.5. The second-order valence-electron chi connectivity index (χ2n) is 5.75. The smallest absolute Gasteiger partial charge is 0.244 e. The van der Waals surface area contributed by atoms with Crippen molar-refractivity contribution in [2.24, 2.45) is 0 Å². The summed E-state index contributed by atoms with van der Waals surface area (Å²) in [7, 11) is 0. The van der Waals surface area contributed by atoms with Crippen LogP contribution < -0.4 is 10.6 Å². The molecule has 26 heavy (non-hydrogen) atoms. The van der Waals surface area contributed by atoms with Gasteiger partial charge < -0.3 is 10.6 Å². The predicted octanol–water partition coefficient (Wildman–Crippen LogP) is 3.36. The molecule has 0 bridgehead atoms.